The number of nitrogens with zero attached hydrogens (tertiary/aromatic N) is 2. The third-order valence-corrected chi connectivity index (χ3v) is 5.82. The van der Waals surface area contributed by atoms with E-state index >= 15 is 0 Å². The maximum atomic E-state index is 13.7. The predicted molar refractivity (Wildman–Crippen MR) is 116 cm³/mol. The fraction of sp³-hybridized carbons (Fsp3) is 0.458. The quantitative estimate of drug-likeness (QED) is 0.460. The van der Waals surface area contributed by atoms with E-state index in [0.717, 1.165) is 18.9 Å². The monoisotopic (exact) mass is 444 g/mol. The molecular formula is C24H29FN2O5. The van der Waals surface area contributed by atoms with Crippen molar-refractivity contribution >= 4 is 17.7 Å². The average molecular weight is 445 g/mol. The summed E-state index contributed by atoms with van der Waals surface area (Å²) >= 11 is 0. The summed E-state index contributed by atoms with van der Waals surface area (Å²) in [7, 11) is 1.70. The minimum atomic E-state index is -0.520. The van der Waals surface area contributed by atoms with Gasteiger partial charge in [-0.1, -0.05) is 6.07 Å². The van der Waals surface area contributed by atoms with Gasteiger partial charge in [-0.2, -0.15) is 0 Å². The number of Topliss-reactive ketones (excluding diaryl/α,β-unsaturated/α-hetero) is 1. The summed E-state index contributed by atoms with van der Waals surface area (Å²) in [5.41, 5.74) is 2.01. The van der Waals surface area contributed by atoms with E-state index in [1.807, 2.05) is 0 Å². The van der Waals surface area contributed by atoms with Crippen molar-refractivity contribution in [3.63, 3.8) is 0 Å². The number of halogens is 1. The number of ketones is 1. The lowest BCUT2D eigenvalue weighted by Crippen LogP contribution is -2.41. The summed E-state index contributed by atoms with van der Waals surface area (Å²) in [6.07, 6.45) is 1.51. The van der Waals surface area contributed by atoms with Crippen LogP contribution in [0.5, 0.6) is 0 Å². The second kappa shape index (κ2) is 10.1. The van der Waals surface area contributed by atoms with E-state index in [1.165, 1.54) is 23.1 Å². The van der Waals surface area contributed by atoms with Crippen LogP contribution in [0.3, 0.4) is 0 Å². The highest BCUT2D eigenvalue weighted by atomic mass is 19.1. The van der Waals surface area contributed by atoms with Crippen LogP contribution < -0.4 is 0 Å². The van der Waals surface area contributed by atoms with Gasteiger partial charge in [-0.3, -0.25) is 9.59 Å². The SMILES string of the molecule is CCOC(=O)c1c(C)c(C(=O)CN(C[C@H]2CCCO2)C(=O)c2cccc(F)c2)c(C)n1C. The van der Waals surface area contributed by atoms with Crippen LogP contribution in [0.4, 0.5) is 4.39 Å². The van der Waals surface area contributed by atoms with Crippen LogP contribution in [-0.4, -0.2) is 59.5 Å². The van der Waals surface area contributed by atoms with E-state index < -0.39 is 17.7 Å². The van der Waals surface area contributed by atoms with Crippen LogP contribution in [0.15, 0.2) is 24.3 Å². The number of hydrogen-bond donors (Lipinski definition) is 0. The maximum absolute atomic E-state index is 13.7. The van der Waals surface area contributed by atoms with Gasteiger partial charge in [-0.05, 0) is 57.4 Å². The Morgan fingerprint density at radius 1 is 1.28 bits per heavy atom. The van der Waals surface area contributed by atoms with Crippen molar-refractivity contribution in [1.82, 2.24) is 9.47 Å². The lowest BCUT2D eigenvalue weighted by molar-refractivity contribution is 0.0505. The van der Waals surface area contributed by atoms with Crippen LogP contribution in [0.1, 0.15) is 62.2 Å². The van der Waals surface area contributed by atoms with Crippen molar-refractivity contribution in [3.05, 3.63) is 58.2 Å². The molecule has 0 unspecified atom stereocenters. The molecule has 1 aromatic carbocycles. The standard InChI is InChI=1S/C24H29FN2O5/c1-5-31-24(30)22-15(2)21(16(3)26(22)4)20(28)14-27(13-19-10-7-11-32-19)23(29)17-8-6-9-18(25)12-17/h6,8-9,12,19H,5,7,10-11,13-14H2,1-4H3/t19-/m1/s1. The van der Waals surface area contributed by atoms with Gasteiger partial charge in [0.1, 0.15) is 11.5 Å². The summed E-state index contributed by atoms with van der Waals surface area (Å²) in [5.74, 6) is -1.76. The Kier molecular flexibility index (Phi) is 7.45. The maximum Gasteiger partial charge on any atom is 0.355 e. The fourth-order valence-electron chi connectivity index (χ4n) is 4.19. The molecule has 0 bridgehead atoms. The summed E-state index contributed by atoms with van der Waals surface area (Å²) in [4.78, 5) is 40.3. The lowest BCUT2D eigenvalue weighted by atomic mass is 10.0. The van der Waals surface area contributed by atoms with Crippen LogP contribution >= 0.6 is 0 Å². The number of rotatable bonds is 8. The Hall–Kier alpha value is -3.00. The Balaban J connectivity index is 1.90. The van der Waals surface area contributed by atoms with E-state index in [9.17, 15) is 18.8 Å². The van der Waals surface area contributed by atoms with E-state index in [-0.39, 0.29) is 37.1 Å². The highest BCUT2D eigenvalue weighted by molar-refractivity contribution is 6.06. The number of carbonyl (C=O) groups is 3. The topological polar surface area (TPSA) is 77.8 Å². The first-order valence-electron chi connectivity index (χ1n) is 10.8. The molecule has 8 heteroatoms. The summed E-state index contributed by atoms with van der Waals surface area (Å²) in [5, 5.41) is 0. The van der Waals surface area contributed by atoms with Crippen molar-refractivity contribution in [1.29, 1.82) is 0 Å². The molecule has 1 fully saturated rings. The fourth-order valence-corrected chi connectivity index (χ4v) is 4.19. The molecule has 0 spiro atoms. The number of benzene rings is 1. The van der Waals surface area contributed by atoms with Crippen molar-refractivity contribution in [2.75, 3.05) is 26.3 Å². The average Bonchev–Trinajstić information content (AvgIpc) is 3.33. The first kappa shape index (κ1) is 23.7. The van der Waals surface area contributed by atoms with Gasteiger partial charge >= 0.3 is 5.97 Å². The van der Waals surface area contributed by atoms with Crippen molar-refractivity contribution in [2.45, 2.75) is 39.7 Å². The first-order chi connectivity index (χ1) is 15.2. The zero-order valence-corrected chi connectivity index (χ0v) is 18.9. The molecule has 7 nitrogen and oxygen atoms in total. The number of carbonyl (C=O) groups excluding carboxylic acids is 3. The van der Waals surface area contributed by atoms with Gasteiger partial charge in [0.05, 0.1) is 19.3 Å². The molecule has 1 aliphatic heterocycles. The van der Waals surface area contributed by atoms with Crippen LogP contribution in [0, 0.1) is 19.7 Å². The highest BCUT2D eigenvalue weighted by Gasteiger charge is 2.30. The number of hydrogen-bond acceptors (Lipinski definition) is 5. The minimum absolute atomic E-state index is 0.171. The van der Waals surface area contributed by atoms with Crippen molar-refractivity contribution in [2.24, 2.45) is 7.05 Å². The molecule has 172 valence electrons. The summed E-state index contributed by atoms with van der Waals surface area (Å²) in [6, 6.07) is 5.41. The van der Waals surface area contributed by atoms with Gasteiger partial charge in [0.15, 0.2) is 5.78 Å². The summed E-state index contributed by atoms with van der Waals surface area (Å²) < 4.78 is 26.1. The first-order valence-corrected chi connectivity index (χ1v) is 10.8. The molecule has 1 amide bonds. The van der Waals surface area contributed by atoms with E-state index in [1.54, 1.807) is 32.4 Å². The number of amides is 1. The van der Waals surface area contributed by atoms with Gasteiger partial charge in [0.2, 0.25) is 0 Å². The van der Waals surface area contributed by atoms with Crippen LogP contribution in [0.2, 0.25) is 0 Å². The smallest absolute Gasteiger partial charge is 0.355 e. The zero-order chi connectivity index (χ0) is 23.4. The second-order valence-corrected chi connectivity index (χ2v) is 7.97. The van der Waals surface area contributed by atoms with Gasteiger partial charge in [-0.15, -0.1) is 0 Å². The molecule has 0 saturated carbocycles. The molecule has 2 heterocycles. The zero-order valence-electron chi connectivity index (χ0n) is 18.9. The molecule has 1 aromatic heterocycles. The highest BCUT2D eigenvalue weighted by Crippen LogP contribution is 2.24. The molecular weight excluding hydrogens is 415 g/mol. The van der Waals surface area contributed by atoms with Gasteiger partial charge < -0.3 is 18.9 Å². The van der Waals surface area contributed by atoms with E-state index in [2.05, 4.69) is 0 Å². The van der Waals surface area contributed by atoms with E-state index in [0.29, 0.717) is 29.1 Å². The third kappa shape index (κ3) is 4.91. The third-order valence-electron chi connectivity index (χ3n) is 5.82. The Morgan fingerprint density at radius 2 is 2.03 bits per heavy atom. The predicted octanol–water partition coefficient (Wildman–Crippen LogP) is 3.46. The normalized spacial score (nSPS) is 15.6. The Labute approximate surface area is 187 Å². The number of aromatic nitrogens is 1. The lowest BCUT2D eigenvalue weighted by Gasteiger charge is -2.25. The van der Waals surface area contributed by atoms with Crippen molar-refractivity contribution < 1.29 is 28.2 Å². The number of esters is 1. The molecule has 0 radical (unpaired) electrons. The molecule has 1 aliphatic rings. The molecule has 1 atom stereocenters. The molecule has 0 N–H and O–H groups in total. The molecule has 3 rings (SSSR count). The largest absolute Gasteiger partial charge is 0.461 e. The Morgan fingerprint density at radius 3 is 2.66 bits per heavy atom. The minimum Gasteiger partial charge on any atom is -0.461 e. The van der Waals surface area contributed by atoms with E-state index in [4.69, 9.17) is 9.47 Å². The second-order valence-electron chi connectivity index (χ2n) is 7.97. The molecule has 1 saturated heterocycles. The molecule has 0 aliphatic carbocycles. The van der Waals surface area contributed by atoms with Gasteiger partial charge in [0.25, 0.3) is 5.91 Å². The Bertz CT molecular complexity index is 1020. The summed E-state index contributed by atoms with van der Waals surface area (Å²) in [6.45, 7) is 6.03. The number of ether oxygens (including phenoxy) is 2. The van der Waals surface area contributed by atoms with Crippen molar-refractivity contribution in [3.8, 4) is 0 Å². The van der Waals surface area contributed by atoms with Crippen LogP contribution in [-0.2, 0) is 16.5 Å². The van der Waals surface area contributed by atoms with Gasteiger partial charge in [0, 0.05) is 37.0 Å². The molecule has 32 heavy (non-hydrogen) atoms. The van der Waals surface area contributed by atoms with Crippen LogP contribution in [0.25, 0.3) is 0 Å². The molecule has 2 aromatic rings. The van der Waals surface area contributed by atoms with Gasteiger partial charge in [-0.25, -0.2) is 9.18 Å².